The molecule has 0 bridgehead atoms. The number of carboxylic acid groups (broad SMARTS) is 1. The van der Waals surface area contributed by atoms with Crippen molar-refractivity contribution in [1.82, 2.24) is 5.32 Å². The lowest BCUT2D eigenvalue weighted by molar-refractivity contribution is -0.142. The molecule has 0 spiro atoms. The van der Waals surface area contributed by atoms with Crippen LogP contribution in [0.4, 0.5) is 0 Å². The Morgan fingerprint density at radius 2 is 1.90 bits per heavy atom. The Labute approximate surface area is 126 Å². The first-order valence-corrected chi connectivity index (χ1v) is 7.45. The molecule has 0 heterocycles. The van der Waals surface area contributed by atoms with Crippen LogP contribution in [0.5, 0.6) is 0 Å². The van der Waals surface area contributed by atoms with E-state index in [2.05, 4.69) is 10.1 Å². The zero-order chi connectivity index (χ0) is 15.8. The maximum Gasteiger partial charge on any atom is 0.326 e. The van der Waals surface area contributed by atoms with Crippen molar-refractivity contribution in [3.05, 3.63) is 29.8 Å². The fraction of sp³-hybridized carbons (Fsp3) is 0.357. The first-order valence-electron chi connectivity index (χ1n) is 6.22. The second-order valence-corrected chi connectivity index (χ2v) is 5.09. The normalized spacial score (nSPS) is 11.5. The van der Waals surface area contributed by atoms with E-state index in [1.165, 1.54) is 7.11 Å². The second-order valence-electron chi connectivity index (χ2n) is 4.21. The van der Waals surface area contributed by atoms with Gasteiger partial charge in [0.1, 0.15) is 6.04 Å². The molecule has 0 aromatic heterocycles. The van der Waals surface area contributed by atoms with Crippen LogP contribution in [0.2, 0.25) is 0 Å². The number of thioether (sulfide) groups is 1. The topological polar surface area (TPSA) is 92.7 Å². The van der Waals surface area contributed by atoms with Gasteiger partial charge in [-0.25, -0.2) is 4.79 Å². The van der Waals surface area contributed by atoms with Gasteiger partial charge in [0.15, 0.2) is 0 Å². The van der Waals surface area contributed by atoms with Gasteiger partial charge < -0.3 is 15.2 Å². The number of hydrogen-bond donors (Lipinski definition) is 2. The maximum atomic E-state index is 12.0. The van der Waals surface area contributed by atoms with Gasteiger partial charge in [-0.15, -0.1) is 11.8 Å². The largest absolute Gasteiger partial charge is 0.480 e. The van der Waals surface area contributed by atoms with Gasteiger partial charge in [-0.05, 0) is 36.9 Å². The quantitative estimate of drug-likeness (QED) is 0.586. The lowest BCUT2D eigenvalue weighted by Crippen LogP contribution is -2.41. The molecule has 0 aliphatic heterocycles. The van der Waals surface area contributed by atoms with Crippen LogP contribution in [0.3, 0.4) is 0 Å². The van der Waals surface area contributed by atoms with E-state index in [1.54, 1.807) is 36.0 Å². The highest BCUT2D eigenvalue weighted by Crippen LogP contribution is 2.15. The van der Waals surface area contributed by atoms with E-state index in [-0.39, 0.29) is 12.8 Å². The molecule has 0 radical (unpaired) electrons. The molecule has 1 atom stereocenters. The van der Waals surface area contributed by atoms with Gasteiger partial charge in [-0.1, -0.05) is 0 Å². The average molecular weight is 311 g/mol. The van der Waals surface area contributed by atoms with Crippen LogP contribution in [0.15, 0.2) is 29.2 Å². The fourth-order valence-corrected chi connectivity index (χ4v) is 2.01. The van der Waals surface area contributed by atoms with Crippen LogP contribution in [-0.4, -0.2) is 42.4 Å². The zero-order valence-corrected chi connectivity index (χ0v) is 12.6. The number of aliphatic carboxylic acids is 1. The van der Waals surface area contributed by atoms with E-state index in [4.69, 9.17) is 5.11 Å². The summed E-state index contributed by atoms with van der Waals surface area (Å²) >= 11 is 1.54. The molecule has 1 aromatic carbocycles. The van der Waals surface area contributed by atoms with Gasteiger partial charge in [0.05, 0.1) is 7.11 Å². The van der Waals surface area contributed by atoms with Crippen LogP contribution < -0.4 is 5.32 Å². The Kier molecular flexibility index (Phi) is 6.74. The first-order chi connectivity index (χ1) is 9.97. The number of nitrogens with one attached hydrogen (secondary N) is 1. The van der Waals surface area contributed by atoms with Crippen molar-refractivity contribution in [2.75, 3.05) is 13.4 Å². The first kappa shape index (κ1) is 17.0. The summed E-state index contributed by atoms with van der Waals surface area (Å²) in [5.74, 6) is -2.19. The Bertz CT molecular complexity index is 515. The molecule has 1 amide bonds. The minimum absolute atomic E-state index is 0.0172. The monoisotopic (exact) mass is 311 g/mol. The van der Waals surface area contributed by atoms with Crippen molar-refractivity contribution in [1.29, 1.82) is 0 Å². The molecule has 2 N–H and O–H groups in total. The number of carboxylic acids is 1. The number of methoxy groups -OCH3 is 1. The smallest absolute Gasteiger partial charge is 0.326 e. The van der Waals surface area contributed by atoms with Crippen LogP contribution in [0, 0.1) is 0 Å². The van der Waals surface area contributed by atoms with Crippen LogP contribution >= 0.6 is 11.8 Å². The molecule has 0 saturated heterocycles. The summed E-state index contributed by atoms with van der Waals surface area (Å²) in [6.45, 7) is 0. The van der Waals surface area contributed by atoms with E-state index >= 15 is 0 Å². The molecule has 1 aromatic rings. The number of hydrogen-bond acceptors (Lipinski definition) is 5. The standard InChI is InChI=1S/C14H17NO5S/c1-20-12(16)8-7-11(14(18)19)15-13(17)9-3-5-10(21-2)6-4-9/h3-6,11H,7-8H2,1-2H3,(H,15,17)(H,18,19)/t11-/m0/s1. The molecule has 0 saturated carbocycles. The Morgan fingerprint density at radius 1 is 1.29 bits per heavy atom. The number of carbonyl (C=O) groups is 3. The molecule has 0 fully saturated rings. The highest BCUT2D eigenvalue weighted by molar-refractivity contribution is 7.98. The number of carbonyl (C=O) groups excluding carboxylic acids is 2. The van der Waals surface area contributed by atoms with Gasteiger partial charge in [0, 0.05) is 16.9 Å². The maximum absolute atomic E-state index is 12.0. The molecule has 7 heteroatoms. The summed E-state index contributed by atoms with van der Waals surface area (Å²) in [4.78, 5) is 35.1. The summed E-state index contributed by atoms with van der Waals surface area (Å²) < 4.78 is 4.45. The van der Waals surface area contributed by atoms with Gasteiger partial charge in [-0.3, -0.25) is 9.59 Å². The molecule has 114 valence electrons. The summed E-state index contributed by atoms with van der Waals surface area (Å²) in [7, 11) is 1.23. The molecular formula is C14H17NO5S. The predicted molar refractivity (Wildman–Crippen MR) is 78.4 cm³/mol. The van der Waals surface area contributed by atoms with E-state index in [0.29, 0.717) is 5.56 Å². The summed E-state index contributed by atoms with van der Waals surface area (Å²) in [5.41, 5.74) is 0.372. The summed E-state index contributed by atoms with van der Waals surface area (Å²) in [6.07, 6.45) is 1.83. The van der Waals surface area contributed by atoms with Crippen molar-refractivity contribution in [2.24, 2.45) is 0 Å². The predicted octanol–water partition coefficient (Wildman–Crippen LogP) is 1.54. The van der Waals surface area contributed by atoms with Gasteiger partial charge in [-0.2, -0.15) is 0 Å². The molecule has 21 heavy (non-hydrogen) atoms. The Hall–Kier alpha value is -2.02. The zero-order valence-electron chi connectivity index (χ0n) is 11.8. The van der Waals surface area contributed by atoms with Crippen molar-refractivity contribution in [3.63, 3.8) is 0 Å². The lowest BCUT2D eigenvalue weighted by atomic mass is 10.1. The highest BCUT2D eigenvalue weighted by atomic mass is 32.2. The third kappa shape index (κ3) is 5.47. The third-order valence-corrected chi connectivity index (χ3v) is 3.56. The number of rotatable bonds is 7. The Balaban J connectivity index is 2.66. The molecule has 0 unspecified atom stereocenters. The minimum Gasteiger partial charge on any atom is -0.480 e. The average Bonchev–Trinajstić information content (AvgIpc) is 2.50. The lowest BCUT2D eigenvalue weighted by Gasteiger charge is -2.14. The van der Waals surface area contributed by atoms with E-state index in [0.717, 1.165) is 4.90 Å². The Morgan fingerprint density at radius 3 is 2.38 bits per heavy atom. The molecule has 6 nitrogen and oxygen atoms in total. The number of ether oxygens (including phenoxy) is 1. The third-order valence-electron chi connectivity index (χ3n) is 2.82. The van der Waals surface area contributed by atoms with Crippen molar-refractivity contribution >= 4 is 29.6 Å². The molecule has 1 rings (SSSR count). The fourth-order valence-electron chi connectivity index (χ4n) is 1.61. The minimum atomic E-state index is -1.19. The number of amides is 1. The van der Waals surface area contributed by atoms with Crippen molar-refractivity contribution in [2.45, 2.75) is 23.8 Å². The van der Waals surface area contributed by atoms with E-state index < -0.39 is 23.9 Å². The van der Waals surface area contributed by atoms with Gasteiger partial charge >= 0.3 is 11.9 Å². The van der Waals surface area contributed by atoms with E-state index in [1.807, 2.05) is 6.26 Å². The van der Waals surface area contributed by atoms with Gasteiger partial charge in [0.25, 0.3) is 5.91 Å². The van der Waals surface area contributed by atoms with Crippen LogP contribution in [0.25, 0.3) is 0 Å². The van der Waals surface area contributed by atoms with Crippen LogP contribution in [0.1, 0.15) is 23.2 Å². The number of esters is 1. The summed E-state index contributed by atoms with van der Waals surface area (Å²) in [5, 5.41) is 11.5. The van der Waals surface area contributed by atoms with Gasteiger partial charge in [0.2, 0.25) is 0 Å². The van der Waals surface area contributed by atoms with Crippen molar-refractivity contribution < 1.29 is 24.2 Å². The van der Waals surface area contributed by atoms with Crippen LogP contribution in [-0.2, 0) is 14.3 Å². The summed E-state index contributed by atoms with van der Waals surface area (Å²) in [6, 6.07) is 5.69. The molecular weight excluding hydrogens is 294 g/mol. The molecule has 0 aliphatic rings. The molecule has 0 aliphatic carbocycles. The number of benzene rings is 1. The van der Waals surface area contributed by atoms with E-state index in [9.17, 15) is 14.4 Å². The van der Waals surface area contributed by atoms with Crippen molar-refractivity contribution in [3.8, 4) is 0 Å². The second kappa shape index (κ2) is 8.31. The highest BCUT2D eigenvalue weighted by Gasteiger charge is 2.21. The SMILES string of the molecule is COC(=O)CC[C@H](NC(=O)c1ccc(SC)cc1)C(=O)O.